The van der Waals surface area contributed by atoms with Gasteiger partial charge in [-0.15, -0.1) is 0 Å². The van der Waals surface area contributed by atoms with E-state index in [0.717, 1.165) is 38.2 Å². The third-order valence-electron chi connectivity index (χ3n) is 4.80. The normalized spacial score (nSPS) is 11.6. The minimum atomic E-state index is 0.144. The quantitative estimate of drug-likeness (QED) is 0.381. The molecule has 0 saturated carbocycles. The summed E-state index contributed by atoms with van der Waals surface area (Å²) in [7, 11) is 1.75. The van der Waals surface area contributed by atoms with Crippen molar-refractivity contribution < 1.29 is 9.47 Å². The molecule has 0 aliphatic heterocycles. The van der Waals surface area contributed by atoms with E-state index in [1.165, 1.54) is 24.0 Å². The van der Waals surface area contributed by atoms with Crippen LogP contribution in [-0.2, 0) is 10.2 Å². The van der Waals surface area contributed by atoms with Gasteiger partial charge in [-0.05, 0) is 48.6 Å². The maximum absolute atomic E-state index is 6.08. The van der Waals surface area contributed by atoms with E-state index in [9.17, 15) is 0 Å². The van der Waals surface area contributed by atoms with Gasteiger partial charge in [-0.1, -0.05) is 80.9 Å². The molecule has 0 bridgehead atoms. The van der Waals surface area contributed by atoms with Crippen molar-refractivity contribution in [2.75, 3.05) is 20.3 Å². The molecule has 0 fully saturated rings. The average molecular weight is 381 g/mol. The highest BCUT2D eigenvalue weighted by atomic mass is 16.5. The lowest BCUT2D eigenvalue weighted by Crippen LogP contribution is -2.18. The van der Waals surface area contributed by atoms with Crippen LogP contribution in [0.2, 0.25) is 0 Å². The first-order valence-corrected chi connectivity index (χ1v) is 11.1. The lowest BCUT2D eigenvalue weighted by atomic mass is 9.80. The largest absolute Gasteiger partial charge is 0.493 e. The highest BCUT2D eigenvalue weighted by Gasteiger charge is 2.23. The van der Waals surface area contributed by atoms with Crippen LogP contribution in [0.3, 0.4) is 0 Å². The van der Waals surface area contributed by atoms with E-state index in [0.29, 0.717) is 5.92 Å². The van der Waals surface area contributed by atoms with Crippen LogP contribution in [0.1, 0.15) is 111 Å². The van der Waals surface area contributed by atoms with Crippen molar-refractivity contribution in [3.63, 3.8) is 0 Å². The zero-order valence-electron chi connectivity index (χ0n) is 20.1. The molecule has 160 valence electrons. The van der Waals surface area contributed by atoms with Gasteiger partial charge in [-0.2, -0.15) is 0 Å². The van der Waals surface area contributed by atoms with Crippen molar-refractivity contribution in [2.45, 2.75) is 106 Å². The van der Waals surface area contributed by atoms with Gasteiger partial charge in [0.25, 0.3) is 0 Å². The minimum Gasteiger partial charge on any atom is -0.493 e. The van der Waals surface area contributed by atoms with Crippen LogP contribution >= 0.6 is 0 Å². The lowest BCUT2D eigenvalue weighted by Gasteiger charge is -2.27. The number of benzene rings is 1. The maximum atomic E-state index is 6.08. The molecule has 0 saturated heterocycles. The SMILES string of the molecule is CC.CCC.CCC(C)c1ccc(OCCCCOC)c(C(C)(C)CC)c1. The second-order valence-electron chi connectivity index (χ2n) is 7.56. The van der Waals surface area contributed by atoms with Crippen LogP contribution in [0.4, 0.5) is 0 Å². The summed E-state index contributed by atoms with van der Waals surface area (Å²) in [5.41, 5.74) is 2.91. The lowest BCUT2D eigenvalue weighted by molar-refractivity contribution is 0.183. The van der Waals surface area contributed by atoms with Gasteiger partial charge in [0, 0.05) is 19.3 Å². The van der Waals surface area contributed by atoms with Crippen LogP contribution in [0.5, 0.6) is 5.75 Å². The van der Waals surface area contributed by atoms with Crippen molar-refractivity contribution in [1.82, 2.24) is 0 Å². The molecular weight excluding hydrogens is 332 g/mol. The summed E-state index contributed by atoms with van der Waals surface area (Å²) in [5, 5.41) is 0. The zero-order chi connectivity index (χ0) is 21.3. The molecule has 0 aliphatic carbocycles. The van der Waals surface area contributed by atoms with Gasteiger partial charge in [0.15, 0.2) is 0 Å². The summed E-state index contributed by atoms with van der Waals surface area (Å²) in [6, 6.07) is 6.76. The van der Waals surface area contributed by atoms with Gasteiger partial charge in [-0.25, -0.2) is 0 Å². The monoisotopic (exact) mass is 380 g/mol. The Hall–Kier alpha value is -1.02. The first-order chi connectivity index (χ1) is 12.9. The van der Waals surface area contributed by atoms with Crippen molar-refractivity contribution in [3.8, 4) is 5.75 Å². The van der Waals surface area contributed by atoms with Crippen molar-refractivity contribution in [3.05, 3.63) is 29.3 Å². The summed E-state index contributed by atoms with van der Waals surface area (Å²) >= 11 is 0. The van der Waals surface area contributed by atoms with E-state index in [1.54, 1.807) is 7.11 Å². The van der Waals surface area contributed by atoms with Crippen molar-refractivity contribution in [1.29, 1.82) is 0 Å². The average Bonchev–Trinajstić information content (AvgIpc) is 2.69. The molecule has 1 aromatic rings. The third-order valence-corrected chi connectivity index (χ3v) is 4.80. The molecule has 2 heteroatoms. The Labute approximate surface area is 171 Å². The van der Waals surface area contributed by atoms with Crippen molar-refractivity contribution >= 4 is 0 Å². The van der Waals surface area contributed by atoms with E-state index >= 15 is 0 Å². The smallest absolute Gasteiger partial charge is 0.123 e. The third kappa shape index (κ3) is 11.4. The number of rotatable bonds is 10. The highest BCUT2D eigenvalue weighted by Crippen LogP contribution is 2.36. The zero-order valence-corrected chi connectivity index (χ0v) is 20.1. The molecule has 0 spiro atoms. The minimum absolute atomic E-state index is 0.144. The van der Waals surface area contributed by atoms with Gasteiger partial charge in [0.05, 0.1) is 6.61 Å². The van der Waals surface area contributed by atoms with Crippen LogP contribution in [-0.4, -0.2) is 20.3 Å². The van der Waals surface area contributed by atoms with Crippen LogP contribution < -0.4 is 4.74 Å². The Balaban J connectivity index is 0. The second kappa shape index (κ2) is 17.1. The summed E-state index contributed by atoms with van der Waals surface area (Å²) in [4.78, 5) is 0. The molecule has 1 rings (SSSR count). The number of hydrogen-bond donors (Lipinski definition) is 0. The fourth-order valence-electron chi connectivity index (χ4n) is 2.47. The Morgan fingerprint density at radius 2 is 1.52 bits per heavy atom. The number of unbranched alkanes of at least 4 members (excludes halogenated alkanes) is 1. The molecule has 0 amide bonds. The topological polar surface area (TPSA) is 18.5 Å². The summed E-state index contributed by atoms with van der Waals surface area (Å²) in [5.74, 6) is 1.65. The Morgan fingerprint density at radius 3 is 2.00 bits per heavy atom. The maximum Gasteiger partial charge on any atom is 0.123 e. The molecule has 0 aliphatic rings. The Bertz CT molecular complexity index is 452. The first kappa shape index (κ1) is 28.2. The van der Waals surface area contributed by atoms with Crippen molar-refractivity contribution in [2.24, 2.45) is 0 Å². The Kier molecular flexibility index (Phi) is 17.9. The summed E-state index contributed by atoms with van der Waals surface area (Å²) < 4.78 is 11.2. The number of hydrogen-bond acceptors (Lipinski definition) is 2. The predicted octanol–water partition coefficient (Wildman–Crippen LogP) is 8.14. The van der Waals surface area contributed by atoms with E-state index in [1.807, 2.05) is 13.8 Å². The molecule has 1 aromatic carbocycles. The van der Waals surface area contributed by atoms with Gasteiger partial charge in [0.2, 0.25) is 0 Å². The Morgan fingerprint density at radius 1 is 0.963 bits per heavy atom. The number of methoxy groups -OCH3 is 1. The van der Waals surface area contributed by atoms with E-state index in [-0.39, 0.29) is 5.41 Å². The van der Waals surface area contributed by atoms with E-state index < -0.39 is 0 Å². The molecule has 0 radical (unpaired) electrons. The molecule has 0 aromatic heterocycles. The van der Waals surface area contributed by atoms with Gasteiger partial charge < -0.3 is 9.47 Å². The van der Waals surface area contributed by atoms with E-state index in [4.69, 9.17) is 9.47 Å². The van der Waals surface area contributed by atoms with Gasteiger partial charge >= 0.3 is 0 Å². The van der Waals surface area contributed by atoms with Gasteiger partial charge in [0.1, 0.15) is 5.75 Å². The molecule has 2 nitrogen and oxygen atoms in total. The van der Waals surface area contributed by atoms with Gasteiger partial charge in [-0.3, -0.25) is 0 Å². The van der Waals surface area contributed by atoms with E-state index in [2.05, 4.69) is 66.7 Å². The molecule has 0 N–H and O–H groups in total. The molecule has 0 heterocycles. The predicted molar refractivity (Wildman–Crippen MR) is 122 cm³/mol. The van der Waals surface area contributed by atoms with Crippen LogP contribution in [0.15, 0.2) is 18.2 Å². The van der Waals surface area contributed by atoms with Crippen LogP contribution in [0.25, 0.3) is 0 Å². The second-order valence-corrected chi connectivity index (χ2v) is 7.56. The number of ether oxygens (including phenoxy) is 2. The fourth-order valence-corrected chi connectivity index (χ4v) is 2.47. The molecule has 1 unspecified atom stereocenters. The summed E-state index contributed by atoms with van der Waals surface area (Å²) in [6.07, 6.45) is 5.61. The standard InChI is InChI=1S/C20H34O2.C3H8.C2H6/c1-7-16(3)17-11-12-19(22-14-10-9-13-21-6)18(15-17)20(4,5)8-2;1-3-2;1-2/h11-12,15-16H,7-10,13-14H2,1-6H3;3H2,1-2H3;1-2H3. The molecule has 1 atom stereocenters. The van der Waals surface area contributed by atoms with Crippen LogP contribution in [0, 0.1) is 0 Å². The molecule has 27 heavy (non-hydrogen) atoms. The first-order valence-electron chi connectivity index (χ1n) is 11.1. The fraction of sp³-hybridized carbons (Fsp3) is 0.760. The highest BCUT2D eigenvalue weighted by molar-refractivity contribution is 5.43. The summed E-state index contributed by atoms with van der Waals surface area (Å²) in [6.45, 7) is 21.2. The molecular formula is C25H48O2.